The summed E-state index contributed by atoms with van der Waals surface area (Å²) in [6, 6.07) is 0.841. The highest BCUT2D eigenvalue weighted by Gasteiger charge is 2.43. The molecule has 15 heavy (non-hydrogen) atoms. The van der Waals surface area contributed by atoms with Gasteiger partial charge in [0.2, 0.25) is 0 Å². The predicted octanol–water partition coefficient (Wildman–Crippen LogP) is 2.54. The molecule has 1 aliphatic carbocycles. The molecule has 1 spiro atoms. The van der Waals surface area contributed by atoms with Crippen molar-refractivity contribution in [3.8, 4) is 0 Å². The molecule has 0 unspecified atom stereocenters. The van der Waals surface area contributed by atoms with Crippen LogP contribution >= 0.6 is 0 Å². The van der Waals surface area contributed by atoms with E-state index < -0.39 is 0 Å². The van der Waals surface area contributed by atoms with Gasteiger partial charge in [0.05, 0.1) is 0 Å². The van der Waals surface area contributed by atoms with Crippen molar-refractivity contribution in [2.45, 2.75) is 58.9 Å². The number of rotatable bonds is 2. The van der Waals surface area contributed by atoms with E-state index in [1.165, 1.54) is 45.2 Å². The van der Waals surface area contributed by atoms with Gasteiger partial charge >= 0.3 is 0 Å². The Bertz CT molecular complexity index is 154. The third-order valence-corrected chi connectivity index (χ3v) is 3.52. The molecule has 2 nitrogen and oxygen atoms in total. The normalized spacial score (nSPS) is 24.2. The number of hydrogen-bond acceptors (Lipinski definition) is 2. The van der Waals surface area contributed by atoms with Crippen LogP contribution in [0.1, 0.15) is 52.9 Å². The minimum absolute atomic E-state index is 0.748. The average Bonchev–Trinajstić information content (AvgIpc) is 2.19. The SMILES string of the molecule is CCC.CCNC1CC2(CCNCC2)C1. The Balaban J connectivity index is 0.000000337. The Kier molecular flexibility index (Phi) is 5.62. The van der Waals surface area contributed by atoms with Crippen LogP contribution in [0.2, 0.25) is 0 Å². The summed E-state index contributed by atoms with van der Waals surface area (Å²) in [6.07, 6.45) is 6.94. The predicted molar refractivity (Wildman–Crippen MR) is 67.2 cm³/mol. The van der Waals surface area contributed by atoms with Gasteiger partial charge in [-0.3, -0.25) is 0 Å². The summed E-state index contributed by atoms with van der Waals surface area (Å²) in [5, 5.41) is 6.97. The average molecular weight is 212 g/mol. The van der Waals surface area contributed by atoms with Crippen molar-refractivity contribution in [2.24, 2.45) is 5.41 Å². The Morgan fingerprint density at radius 3 is 2.13 bits per heavy atom. The van der Waals surface area contributed by atoms with Gasteiger partial charge in [-0.25, -0.2) is 0 Å². The van der Waals surface area contributed by atoms with E-state index in [1.807, 2.05) is 0 Å². The Labute approximate surface area is 95.2 Å². The third kappa shape index (κ3) is 3.76. The van der Waals surface area contributed by atoms with Crippen molar-refractivity contribution in [1.29, 1.82) is 0 Å². The third-order valence-electron chi connectivity index (χ3n) is 3.52. The summed E-state index contributed by atoms with van der Waals surface area (Å²) in [5.41, 5.74) is 0.748. The number of piperidine rings is 1. The second-order valence-corrected chi connectivity index (χ2v) is 5.12. The molecular weight excluding hydrogens is 184 g/mol. The van der Waals surface area contributed by atoms with E-state index in [2.05, 4.69) is 31.4 Å². The monoisotopic (exact) mass is 212 g/mol. The fraction of sp³-hybridized carbons (Fsp3) is 1.00. The van der Waals surface area contributed by atoms with Crippen molar-refractivity contribution >= 4 is 0 Å². The van der Waals surface area contributed by atoms with E-state index in [0.717, 1.165) is 18.0 Å². The van der Waals surface area contributed by atoms with Gasteiger partial charge in [-0.2, -0.15) is 0 Å². The van der Waals surface area contributed by atoms with Crippen molar-refractivity contribution in [3.05, 3.63) is 0 Å². The minimum atomic E-state index is 0.748. The van der Waals surface area contributed by atoms with Crippen molar-refractivity contribution < 1.29 is 0 Å². The van der Waals surface area contributed by atoms with Crippen LogP contribution in [0.3, 0.4) is 0 Å². The lowest BCUT2D eigenvalue weighted by atomic mass is 9.60. The zero-order chi connectivity index (χ0) is 11.1. The topological polar surface area (TPSA) is 24.1 Å². The Morgan fingerprint density at radius 1 is 1.13 bits per heavy atom. The van der Waals surface area contributed by atoms with E-state index in [-0.39, 0.29) is 0 Å². The minimum Gasteiger partial charge on any atom is -0.317 e. The van der Waals surface area contributed by atoms with Crippen LogP contribution in [0.4, 0.5) is 0 Å². The van der Waals surface area contributed by atoms with Gasteiger partial charge in [0.1, 0.15) is 0 Å². The van der Waals surface area contributed by atoms with Crippen LogP contribution in [-0.4, -0.2) is 25.7 Å². The van der Waals surface area contributed by atoms with Gasteiger partial charge in [-0.05, 0) is 50.7 Å². The molecule has 0 bridgehead atoms. The molecule has 1 aliphatic heterocycles. The lowest BCUT2D eigenvalue weighted by molar-refractivity contribution is 0.0469. The molecule has 0 radical (unpaired) electrons. The molecular formula is C13H28N2. The van der Waals surface area contributed by atoms with Crippen LogP contribution in [0.15, 0.2) is 0 Å². The maximum Gasteiger partial charge on any atom is 0.00775 e. The number of hydrogen-bond donors (Lipinski definition) is 2. The molecule has 1 saturated carbocycles. The highest BCUT2D eigenvalue weighted by atomic mass is 15.0. The fourth-order valence-electron chi connectivity index (χ4n) is 2.78. The second kappa shape index (κ2) is 6.49. The van der Waals surface area contributed by atoms with Crippen LogP contribution in [0, 0.1) is 5.41 Å². The van der Waals surface area contributed by atoms with Crippen molar-refractivity contribution in [1.82, 2.24) is 10.6 Å². The number of nitrogens with one attached hydrogen (secondary N) is 2. The molecule has 1 saturated heterocycles. The standard InChI is InChI=1S/C10H20N2.C3H8/c1-2-12-9-7-10(8-9)3-5-11-6-4-10;1-3-2/h9,11-12H,2-8H2,1H3;3H2,1-2H3. The zero-order valence-electron chi connectivity index (χ0n) is 10.7. The molecule has 2 aliphatic rings. The van der Waals surface area contributed by atoms with E-state index >= 15 is 0 Å². The summed E-state index contributed by atoms with van der Waals surface area (Å²) < 4.78 is 0. The highest BCUT2D eigenvalue weighted by molar-refractivity contribution is 4.99. The van der Waals surface area contributed by atoms with Gasteiger partial charge in [-0.1, -0.05) is 27.2 Å². The summed E-state index contributed by atoms with van der Waals surface area (Å²) in [7, 11) is 0. The first-order valence-electron chi connectivity index (χ1n) is 6.70. The Morgan fingerprint density at radius 2 is 1.67 bits per heavy atom. The Hall–Kier alpha value is -0.0800. The smallest absolute Gasteiger partial charge is 0.00775 e. The molecule has 0 aromatic rings. The van der Waals surface area contributed by atoms with Crippen LogP contribution in [0.25, 0.3) is 0 Å². The summed E-state index contributed by atoms with van der Waals surface area (Å²) in [4.78, 5) is 0. The van der Waals surface area contributed by atoms with E-state index in [0.29, 0.717) is 0 Å². The van der Waals surface area contributed by atoms with E-state index in [1.54, 1.807) is 0 Å². The van der Waals surface area contributed by atoms with Crippen molar-refractivity contribution in [3.63, 3.8) is 0 Å². The lowest BCUT2D eigenvalue weighted by Crippen LogP contribution is -2.52. The van der Waals surface area contributed by atoms with E-state index in [4.69, 9.17) is 0 Å². The molecule has 2 fully saturated rings. The van der Waals surface area contributed by atoms with Crippen LogP contribution in [0.5, 0.6) is 0 Å². The van der Waals surface area contributed by atoms with Gasteiger partial charge in [0, 0.05) is 6.04 Å². The molecule has 0 aromatic carbocycles. The molecule has 0 atom stereocenters. The second-order valence-electron chi connectivity index (χ2n) is 5.12. The maximum atomic E-state index is 3.53. The molecule has 90 valence electrons. The molecule has 0 aromatic heterocycles. The van der Waals surface area contributed by atoms with Gasteiger partial charge in [0.15, 0.2) is 0 Å². The van der Waals surface area contributed by atoms with Crippen LogP contribution < -0.4 is 10.6 Å². The van der Waals surface area contributed by atoms with Gasteiger partial charge in [0.25, 0.3) is 0 Å². The summed E-state index contributed by atoms with van der Waals surface area (Å²) in [5.74, 6) is 0. The quantitative estimate of drug-likeness (QED) is 0.735. The van der Waals surface area contributed by atoms with Crippen molar-refractivity contribution in [2.75, 3.05) is 19.6 Å². The largest absolute Gasteiger partial charge is 0.317 e. The maximum absolute atomic E-state index is 3.53. The molecule has 2 rings (SSSR count). The lowest BCUT2D eigenvalue weighted by Gasteiger charge is -2.50. The molecule has 2 N–H and O–H groups in total. The van der Waals surface area contributed by atoms with Gasteiger partial charge < -0.3 is 10.6 Å². The molecule has 2 heteroatoms. The van der Waals surface area contributed by atoms with Crippen LogP contribution in [-0.2, 0) is 0 Å². The first-order chi connectivity index (χ1) is 7.26. The summed E-state index contributed by atoms with van der Waals surface area (Å²) in [6.45, 7) is 10.1. The molecule has 1 heterocycles. The fourth-order valence-corrected chi connectivity index (χ4v) is 2.78. The highest BCUT2D eigenvalue weighted by Crippen LogP contribution is 2.47. The first kappa shape index (κ1) is 13.0. The van der Waals surface area contributed by atoms with E-state index in [9.17, 15) is 0 Å². The molecule has 0 amide bonds. The van der Waals surface area contributed by atoms with Gasteiger partial charge in [-0.15, -0.1) is 0 Å². The first-order valence-corrected chi connectivity index (χ1v) is 6.70. The zero-order valence-corrected chi connectivity index (χ0v) is 10.7. The summed E-state index contributed by atoms with van der Waals surface area (Å²) >= 11 is 0.